The molecule has 1 aromatic heterocycles. The summed E-state index contributed by atoms with van der Waals surface area (Å²) in [4.78, 5) is 32.1. The largest absolute Gasteiger partial charge is 0.508 e. The molecule has 0 bridgehead atoms. The first-order valence-corrected chi connectivity index (χ1v) is 23.6. The molecular formula is C52H59F3N6O4. The molecule has 5 aliphatic rings. The average molecular weight is 889 g/mol. The minimum atomic E-state index is -4.38. The zero-order valence-corrected chi connectivity index (χ0v) is 36.8. The molecule has 10 rings (SSSR count). The maximum atomic E-state index is 13.5. The van der Waals surface area contributed by atoms with Crippen molar-refractivity contribution in [1.29, 1.82) is 0 Å². The smallest absolute Gasteiger partial charge is 0.416 e. The Kier molecular flexibility index (Phi) is 12.1. The molecule has 1 saturated carbocycles. The molecule has 0 spiro atoms. The van der Waals surface area contributed by atoms with E-state index in [2.05, 4.69) is 61.7 Å². The highest BCUT2D eigenvalue weighted by atomic mass is 19.4. The lowest BCUT2D eigenvalue weighted by Crippen LogP contribution is -2.51. The molecule has 13 heteroatoms. The van der Waals surface area contributed by atoms with Crippen molar-refractivity contribution >= 4 is 28.3 Å². The number of carbonyl (C=O) groups is 2. The Bertz CT molecular complexity index is 2520. The van der Waals surface area contributed by atoms with Gasteiger partial charge in [-0.2, -0.15) is 13.2 Å². The summed E-state index contributed by atoms with van der Waals surface area (Å²) in [6.45, 7) is 8.80. The third kappa shape index (κ3) is 8.99. The molecule has 2 aliphatic carbocycles. The monoisotopic (exact) mass is 888 g/mol. The van der Waals surface area contributed by atoms with Gasteiger partial charge in [0.1, 0.15) is 11.8 Å². The first kappa shape index (κ1) is 43.5. The van der Waals surface area contributed by atoms with Gasteiger partial charge >= 0.3 is 6.18 Å². The van der Waals surface area contributed by atoms with Crippen molar-refractivity contribution in [2.75, 3.05) is 63.8 Å². The summed E-state index contributed by atoms with van der Waals surface area (Å²) in [7, 11) is 0. The van der Waals surface area contributed by atoms with Gasteiger partial charge in [0, 0.05) is 99.9 Å². The molecule has 10 nitrogen and oxygen atoms in total. The van der Waals surface area contributed by atoms with Gasteiger partial charge in [0.2, 0.25) is 11.8 Å². The van der Waals surface area contributed by atoms with Gasteiger partial charge in [-0.05, 0) is 120 Å². The quantitative estimate of drug-likeness (QED) is 0.109. The Labute approximate surface area is 378 Å². The number of alkyl halides is 3. The van der Waals surface area contributed by atoms with E-state index in [-0.39, 0.29) is 47.7 Å². The number of carbonyl (C=O) groups excluding carboxylic acids is 2. The number of aromatic hydroxyl groups is 2. The normalized spacial score (nSPS) is 26.0. The Balaban J connectivity index is 0.796. The van der Waals surface area contributed by atoms with E-state index in [4.69, 9.17) is 0 Å². The summed E-state index contributed by atoms with van der Waals surface area (Å²) in [6.07, 6.45) is 4.63. The number of piperazine rings is 2. The van der Waals surface area contributed by atoms with E-state index < -0.39 is 17.8 Å². The molecule has 65 heavy (non-hydrogen) atoms. The highest BCUT2D eigenvalue weighted by Crippen LogP contribution is 2.48. The topological polar surface area (TPSA) is 113 Å². The first-order chi connectivity index (χ1) is 31.5. The molecule has 0 radical (unpaired) electrons. The van der Waals surface area contributed by atoms with Gasteiger partial charge < -0.3 is 25.0 Å². The minimum Gasteiger partial charge on any atom is -0.508 e. The third-order valence-electron chi connectivity index (χ3n) is 15.4. The Hall–Kier alpha value is -5.37. The standard InChI is InChI=1S/C52H59F3N6O4/c53-52(54,55)40-12-9-33(10-13-40)43-16-11-36-28-42(62)15-18-44(36)49(43)35-7-5-34(6-8-35)47-29-56-21-22-60(47)31-38-4-2-1-3-37(38)30-58-23-25-59(26-24-58)41-14-17-45-39(27-41)32-61(51(45)65)46-19-20-48(63)57-50(46)64/h5-10,12-15,17-18,27-28,32,37-38,43,46-47,49,56,62,65H,1-4,11,16,19-26,29-31H2,(H,57,63,64)/t37-,38-,43-,46?,47-,49-/m0/s1. The van der Waals surface area contributed by atoms with Crippen LogP contribution in [0.1, 0.15) is 102 Å². The van der Waals surface area contributed by atoms with Crippen LogP contribution in [0.3, 0.4) is 0 Å². The number of hydrogen-bond acceptors (Lipinski definition) is 8. The summed E-state index contributed by atoms with van der Waals surface area (Å²) >= 11 is 0. The van der Waals surface area contributed by atoms with Crippen LogP contribution in [0.5, 0.6) is 11.6 Å². The van der Waals surface area contributed by atoms with E-state index in [0.29, 0.717) is 23.6 Å². The van der Waals surface area contributed by atoms with E-state index >= 15 is 0 Å². The zero-order chi connectivity index (χ0) is 44.8. The highest BCUT2D eigenvalue weighted by Gasteiger charge is 2.37. The van der Waals surface area contributed by atoms with Gasteiger partial charge in [0.25, 0.3) is 0 Å². The van der Waals surface area contributed by atoms with E-state index in [0.717, 1.165) is 105 Å². The number of hydrogen-bond donors (Lipinski definition) is 4. The number of halogens is 3. The number of aryl methyl sites for hydroxylation is 1. The van der Waals surface area contributed by atoms with Gasteiger partial charge in [-0.3, -0.25) is 24.7 Å². The lowest BCUT2D eigenvalue weighted by atomic mass is 9.69. The predicted molar refractivity (Wildman–Crippen MR) is 245 cm³/mol. The second kappa shape index (κ2) is 18.1. The molecule has 3 aliphatic heterocycles. The Morgan fingerprint density at radius 1 is 0.708 bits per heavy atom. The number of anilines is 1. The summed E-state index contributed by atoms with van der Waals surface area (Å²) < 4.78 is 42.1. The summed E-state index contributed by atoms with van der Waals surface area (Å²) in [5, 5.41) is 29.0. The molecule has 6 atom stereocenters. The second-order valence-electron chi connectivity index (χ2n) is 19.2. The maximum absolute atomic E-state index is 13.5. The predicted octanol–water partition coefficient (Wildman–Crippen LogP) is 8.49. The molecular weight excluding hydrogens is 830 g/mol. The van der Waals surface area contributed by atoms with Crippen molar-refractivity contribution in [3.63, 3.8) is 0 Å². The van der Waals surface area contributed by atoms with Gasteiger partial charge in [-0.25, -0.2) is 0 Å². The van der Waals surface area contributed by atoms with Gasteiger partial charge in [0.05, 0.1) is 5.56 Å². The number of amides is 2. The van der Waals surface area contributed by atoms with Crippen molar-refractivity contribution in [2.24, 2.45) is 11.8 Å². The molecule has 4 aromatic carbocycles. The van der Waals surface area contributed by atoms with E-state index in [9.17, 15) is 33.0 Å². The van der Waals surface area contributed by atoms with E-state index in [1.54, 1.807) is 22.8 Å². The number of fused-ring (bicyclic) bond motifs is 2. The van der Waals surface area contributed by atoms with Crippen molar-refractivity contribution < 1.29 is 33.0 Å². The lowest BCUT2D eigenvalue weighted by molar-refractivity contribution is -0.138. The fraction of sp³-hybridized carbons (Fsp3) is 0.462. The van der Waals surface area contributed by atoms with Crippen LogP contribution in [-0.2, 0) is 22.2 Å². The fourth-order valence-electron chi connectivity index (χ4n) is 11.9. The van der Waals surface area contributed by atoms with E-state index in [1.807, 2.05) is 24.4 Å². The van der Waals surface area contributed by atoms with Crippen LogP contribution in [0, 0.1) is 11.8 Å². The van der Waals surface area contributed by atoms with Crippen molar-refractivity contribution in [2.45, 2.75) is 81.5 Å². The summed E-state index contributed by atoms with van der Waals surface area (Å²) in [5.41, 5.74) is 6.00. The molecule has 4 heterocycles. The van der Waals surface area contributed by atoms with Crippen LogP contribution in [0.4, 0.5) is 18.9 Å². The second-order valence-corrected chi connectivity index (χ2v) is 19.2. The lowest BCUT2D eigenvalue weighted by Gasteiger charge is -2.44. The SMILES string of the molecule is O=C1CCC(n2cc3cc(N4CCN(C[C@@H]5CCCC[C@H]5CN5CCNC[C@H]5c5ccc([C@@H]6c7ccc(O)cc7CC[C@H]6c6ccc(C(F)(F)F)cc6)cc5)CC4)ccc3c2O)C(=O)N1. The highest BCUT2D eigenvalue weighted by molar-refractivity contribution is 6.00. The van der Waals surface area contributed by atoms with E-state index in [1.165, 1.54) is 43.4 Å². The number of imide groups is 1. The number of phenolic OH excluding ortho intramolecular Hbond substituents is 1. The van der Waals surface area contributed by atoms with Crippen molar-refractivity contribution in [1.82, 2.24) is 25.0 Å². The Morgan fingerprint density at radius 2 is 1.43 bits per heavy atom. The summed E-state index contributed by atoms with van der Waals surface area (Å²) in [6, 6.07) is 26.0. The first-order valence-electron chi connectivity index (χ1n) is 23.6. The molecule has 4 N–H and O–H groups in total. The molecule has 4 fully saturated rings. The van der Waals surface area contributed by atoms with Crippen LogP contribution in [0.25, 0.3) is 10.8 Å². The summed E-state index contributed by atoms with van der Waals surface area (Å²) in [5.74, 6) is 0.835. The number of nitrogens with zero attached hydrogens (tertiary/aromatic N) is 4. The van der Waals surface area contributed by atoms with Crippen LogP contribution >= 0.6 is 0 Å². The molecule has 3 saturated heterocycles. The van der Waals surface area contributed by atoms with Crippen LogP contribution < -0.4 is 15.5 Å². The fourth-order valence-corrected chi connectivity index (χ4v) is 11.9. The number of rotatable bonds is 9. The molecule has 2 amide bonds. The van der Waals surface area contributed by atoms with Crippen LogP contribution in [0.15, 0.2) is 91.1 Å². The molecule has 1 unspecified atom stereocenters. The van der Waals surface area contributed by atoms with Crippen molar-refractivity contribution in [3.05, 3.63) is 125 Å². The third-order valence-corrected chi connectivity index (χ3v) is 15.4. The molecule has 342 valence electrons. The van der Waals surface area contributed by atoms with Gasteiger partial charge in [-0.1, -0.05) is 55.3 Å². The maximum Gasteiger partial charge on any atom is 0.416 e. The van der Waals surface area contributed by atoms with Gasteiger partial charge in [-0.15, -0.1) is 0 Å². The number of nitrogens with one attached hydrogen (secondary N) is 2. The Morgan fingerprint density at radius 3 is 2.17 bits per heavy atom. The zero-order valence-electron chi connectivity index (χ0n) is 36.8. The minimum absolute atomic E-state index is 0.00559. The average Bonchev–Trinajstić information content (AvgIpc) is 3.64. The van der Waals surface area contributed by atoms with Gasteiger partial charge in [0.15, 0.2) is 5.88 Å². The number of phenols is 1. The number of aromatic nitrogens is 1. The van der Waals surface area contributed by atoms with Crippen LogP contribution in [0.2, 0.25) is 0 Å². The number of piperidine rings is 1. The van der Waals surface area contributed by atoms with Crippen molar-refractivity contribution in [3.8, 4) is 11.6 Å². The number of benzene rings is 4. The van der Waals surface area contributed by atoms with Crippen LogP contribution in [-0.4, -0.2) is 95.3 Å². The molecule has 5 aromatic rings.